The molecule has 0 saturated carbocycles. The number of rotatable bonds is 11. The molecule has 0 aromatic carbocycles. The third kappa shape index (κ3) is 15.3. The van der Waals surface area contributed by atoms with E-state index in [9.17, 15) is 9.59 Å². The van der Waals surface area contributed by atoms with Crippen molar-refractivity contribution in [3.63, 3.8) is 0 Å². The maximum atomic E-state index is 10.3. The van der Waals surface area contributed by atoms with E-state index in [1.54, 1.807) is 0 Å². The van der Waals surface area contributed by atoms with E-state index in [1.807, 2.05) is 0 Å². The molecule has 100 valence electrons. The highest BCUT2D eigenvalue weighted by molar-refractivity contribution is 7.96. The van der Waals surface area contributed by atoms with Gasteiger partial charge in [0.1, 0.15) is 0 Å². The van der Waals surface area contributed by atoms with Gasteiger partial charge in [0, 0.05) is 6.42 Å². The van der Waals surface area contributed by atoms with E-state index in [-0.39, 0.29) is 6.42 Å². The maximum absolute atomic E-state index is 10.3. The first-order chi connectivity index (χ1) is 8.13. The highest BCUT2D eigenvalue weighted by Gasteiger charge is 1.97. The number of carbonyl (C=O) groups excluding carboxylic acids is 1. The minimum atomic E-state index is -0.705. The first kappa shape index (κ1) is 16.3. The molecule has 0 amide bonds. The fraction of sp³-hybridized carbons (Fsp3) is 0.833. The van der Waals surface area contributed by atoms with E-state index in [0.29, 0.717) is 6.61 Å². The summed E-state index contributed by atoms with van der Waals surface area (Å²) in [6.45, 7) is 0.459. The molecule has 0 aromatic heterocycles. The summed E-state index contributed by atoms with van der Waals surface area (Å²) in [6, 6.07) is 0. The van der Waals surface area contributed by atoms with Crippen LogP contribution in [-0.4, -0.2) is 23.0 Å². The Morgan fingerprint density at radius 2 is 1.35 bits per heavy atom. The van der Waals surface area contributed by atoms with Gasteiger partial charge < -0.3 is 9.84 Å². The van der Waals surface area contributed by atoms with Crippen LogP contribution in [0.2, 0.25) is 0 Å². The van der Waals surface area contributed by atoms with E-state index in [1.165, 1.54) is 6.42 Å². The quantitative estimate of drug-likeness (QED) is 0.339. The Labute approximate surface area is 108 Å². The zero-order chi connectivity index (χ0) is 12.9. The number of carbonyl (C=O) groups is 2. The monoisotopic (exact) mass is 262 g/mol. The van der Waals surface area contributed by atoms with Crippen LogP contribution in [0.15, 0.2) is 0 Å². The van der Waals surface area contributed by atoms with Crippen LogP contribution in [0, 0.1) is 0 Å². The van der Waals surface area contributed by atoms with Gasteiger partial charge in [-0.1, -0.05) is 51.2 Å². The zero-order valence-corrected chi connectivity index (χ0v) is 11.1. The summed E-state index contributed by atoms with van der Waals surface area (Å²) in [4.78, 5) is 20.6. The van der Waals surface area contributed by atoms with Gasteiger partial charge in [-0.15, -0.1) is 0 Å². The summed E-state index contributed by atoms with van der Waals surface area (Å²) in [6.07, 6.45) is 8.61. The van der Waals surface area contributed by atoms with Gasteiger partial charge in [0.15, 0.2) is 0 Å². The van der Waals surface area contributed by atoms with E-state index < -0.39 is 11.3 Å². The Morgan fingerprint density at radius 3 is 1.82 bits per heavy atom. The van der Waals surface area contributed by atoms with Crippen LogP contribution in [0.4, 0.5) is 4.79 Å². The van der Waals surface area contributed by atoms with Gasteiger partial charge in [-0.2, -0.15) is 0 Å². The molecule has 0 bridgehead atoms. The normalized spacial score (nSPS) is 10.2. The van der Waals surface area contributed by atoms with Crippen molar-refractivity contribution in [1.29, 1.82) is 0 Å². The molecule has 0 saturated heterocycles. The lowest BCUT2D eigenvalue weighted by molar-refractivity contribution is -0.137. The fourth-order valence-corrected chi connectivity index (χ4v) is 1.69. The first-order valence-electron chi connectivity index (χ1n) is 6.20. The molecule has 0 rings (SSSR count). The Balaban J connectivity index is 2.98. The van der Waals surface area contributed by atoms with Gasteiger partial charge in [-0.25, -0.2) is 4.79 Å². The number of thiol groups is 1. The molecule has 4 nitrogen and oxygen atoms in total. The molecule has 0 aliphatic carbocycles. The second-order valence-electron chi connectivity index (χ2n) is 4.09. The summed E-state index contributed by atoms with van der Waals surface area (Å²) in [5, 5.41) is 7.92. The maximum Gasteiger partial charge on any atom is 0.364 e. The van der Waals surface area contributed by atoms with Crippen LogP contribution >= 0.6 is 12.6 Å². The van der Waals surface area contributed by atoms with Gasteiger partial charge in [0.25, 0.3) is 0 Å². The van der Waals surface area contributed by atoms with Crippen LogP contribution in [0.25, 0.3) is 0 Å². The number of aliphatic carboxylic acids is 1. The smallest absolute Gasteiger partial charge is 0.364 e. The molecule has 17 heavy (non-hydrogen) atoms. The first-order valence-corrected chi connectivity index (χ1v) is 6.65. The van der Waals surface area contributed by atoms with Gasteiger partial charge >= 0.3 is 11.3 Å². The summed E-state index contributed by atoms with van der Waals surface area (Å²) in [5.74, 6) is -0.705. The lowest BCUT2D eigenvalue weighted by Gasteiger charge is -2.02. The van der Waals surface area contributed by atoms with Crippen molar-refractivity contribution < 1.29 is 19.4 Å². The molecule has 0 heterocycles. The molecule has 0 aromatic rings. The van der Waals surface area contributed by atoms with Crippen molar-refractivity contribution in [3.05, 3.63) is 0 Å². The third-order valence-corrected chi connectivity index (χ3v) is 2.64. The Hall–Kier alpha value is -0.710. The number of ether oxygens (including phenoxy) is 1. The van der Waals surface area contributed by atoms with Gasteiger partial charge in [-0.3, -0.25) is 4.79 Å². The van der Waals surface area contributed by atoms with Crippen molar-refractivity contribution >= 4 is 23.9 Å². The molecule has 0 spiro atoms. The molecule has 0 aliphatic heterocycles. The Kier molecular flexibility index (Phi) is 11.3. The topological polar surface area (TPSA) is 63.6 Å². The average molecular weight is 262 g/mol. The number of hydrogen-bond acceptors (Lipinski definition) is 3. The summed E-state index contributed by atoms with van der Waals surface area (Å²) < 4.78 is 4.69. The van der Waals surface area contributed by atoms with Crippen LogP contribution in [-0.2, 0) is 9.53 Å². The van der Waals surface area contributed by atoms with Crippen molar-refractivity contribution in [2.45, 2.75) is 57.8 Å². The predicted molar refractivity (Wildman–Crippen MR) is 69.5 cm³/mol. The standard InChI is InChI=1S/C12H22O4S/c13-11(14)9-7-5-3-1-2-4-6-8-10-16-12(15)17/h1-10H2,(H,13,14)(H,15,17). The average Bonchev–Trinajstić information content (AvgIpc) is 2.25. The number of hydrogen-bond donors (Lipinski definition) is 2. The SMILES string of the molecule is O=C(O)CCCCCCCCCCOC(=O)S. The predicted octanol–water partition coefficient (Wildman–Crippen LogP) is 3.65. The minimum absolute atomic E-state index is 0.287. The number of carboxylic acid groups (broad SMARTS) is 1. The van der Waals surface area contributed by atoms with Gasteiger partial charge in [0.05, 0.1) is 6.61 Å². The van der Waals surface area contributed by atoms with Crippen molar-refractivity contribution in [1.82, 2.24) is 0 Å². The molecule has 5 heteroatoms. The molecular weight excluding hydrogens is 240 g/mol. The minimum Gasteiger partial charge on any atom is -0.481 e. The van der Waals surface area contributed by atoms with E-state index in [0.717, 1.165) is 44.9 Å². The van der Waals surface area contributed by atoms with E-state index in [2.05, 4.69) is 12.6 Å². The van der Waals surface area contributed by atoms with Gasteiger partial charge in [0.2, 0.25) is 0 Å². The lowest BCUT2D eigenvalue weighted by atomic mass is 10.1. The van der Waals surface area contributed by atoms with E-state index >= 15 is 0 Å². The van der Waals surface area contributed by atoms with Crippen LogP contribution in [0.1, 0.15) is 57.8 Å². The lowest BCUT2D eigenvalue weighted by Crippen LogP contribution is -1.96. The fourth-order valence-electron chi connectivity index (χ4n) is 1.60. The Morgan fingerprint density at radius 1 is 0.882 bits per heavy atom. The molecule has 0 radical (unpaired) electrons. The summed E-state index contributed by atoms with van der Waals surface area (Å²) in [7, 11) is 0. The highest BCUT2D eigenvalue weighted by atomic mass is 32.1. The van der Waals surface area contributed by atoms with Crippen LogP contribution in [0.3, 0.4) is 0 Å². The number of carboxylic acids is 1. The summed E-state index contributed by atoms with van der Waals surface area (Å²) in [5.41, 5.74) is 0. The summed E-state index contributed by atoms with van der Waals surface area (Å²) >= 11 is 3.50. The van der Waals surface area contributed by atoms with Crippen LogP contribution < -0.4 is 0 Å². The third-order valence-electron chi connectivity index (χ3n) is 2.51. The molecule has 0 unspecified atom stereocenters. The largest absolute Gasteiger partial charge is 0.481 e. The van der Waals surface area contributed by atoms with Crippen molar-refractivity contribution in [2.75, 3.05) is 6.61 Å². The highest BCUT2D eigenvalue weighted by Crippen LogP contribution is 2.09. The molecule has 1 N–H and O–H groups in total. The van der Waals surface area contributed by atoms with Crippen molar-refractivity contribution in [2.24, 2.45) is 0 Å². The Bertz CT molecular complexity index is 197. The molecule has 0 aliphatic rings. The van der Waals surface area contributed by atoms with Crippen molar-refractivity contribution in [3.8, 4) is 0 Å². The van der Waals surface area contributed by atoms with Gasteiger partial charge in [-0.05, 0) is 12.8 Å². The van der Waals surface area contributed by atoms with E-state index in [4.69, 9.17) is 9.84 Å². The molecule has 0 fully saturated rings. The second kappa shape index (κ2) is 11.8. The zero-order valence-electron chi connectivity index (χ0n) is 10.2. The second-order valence-corrected chi connectivity index (χ2v) is 4.45. The number of unbranched alkanes of at least 4 members (excludes halogenated alkanes) is 7. The van der Waals surface area contributed by atoms with Crippen LogP contribution in [0.5, 0.6) is 0 Å². The molecule has 0 atom stereocenters. The molecular formula is C12H22O4S.